The Balaban J connectivity index is 0.00000364. The summed E-state index contributed by atoms with van der Waals surface area (Å²) in [6.45, 7) is 5.72. The molecule has 0 spiro atoms. The number of halogens is 1. The van der Waals surface area contributed by atoms with Gasteiger partial charge < -0.3 is 21.1 Å². The lowest BCUT2D eigenvalue weighted by Crippen LogP contribution is -2.45. The quantitative estimate of drug-likeness (QED) is 0.724. The van der Waals surface area contributed by atoms with Crippen LogP contribution < -0.4 is 21.1 Å². The molecule has 0 radical (unpaired) electrons. The fourth-order valence-corrected chi connectivity index (χ4v) is 2.20. The van der Waals surface area contributed by atoms with Crippen molar-refractivity contribution in [1.82, 2.24) is 0 Å². The van der Waals surface area contributed by atoms with E-state index in [1.54, 1.807) is 55.6 Å². The molecule has 0 saturated heterocycles. The molecule has 0 fully saturated rings. The van der Waals surface area contributed by atoms with Crippen molar-refractivity contribution in [3.05, 3.63) is 54.1 Å². The average Bonchev–Trinajstić information content (AvgIpc) is 2.61. The predicted octanol–water partition coefficient (Wildman–Crippen LogP) is 3.68. The molecule has 7 heteroatoms. The first-order valence-corrected chi connectivity index (χ1v) is 8.32. The van der Waals surface area contributed by atoms with E-state index in [1.165, 1.54) is 0 Å². The molecule has 4 N–H and O–H groups in total. The third-order valence-corrected chi connectivity index (χ3v) is 3.98. The standard InChI is InChI=1S/C20H25N3O3.ClH/c1-20(2,3)17(21)19(25)23-14-7-5-13(6-8-14)18(24)22-15-9-11-16(26-4)12-10-15;/h5-12,17H,21H2,1-4H3,(H,22,24)(H,23,25);1H/t17-;/m1./s1. The fraction of sp³-hybridized carbons (Fsp3) is 0.300. The highest BCUT2D eigenvalue weighted by Crippen LogP contribution is 2.20. The lowest BCUT2D eigenvalue weighted by atomic mass is 9.87. The summed E-state index contributed by atoms with van der Waals surface area (Å²) < 4.78 is 5.09. The van der Waals surface area contributed by atoms with Crippen LogP contribution in [0.4, 0.5) is 11.4 Å². The Morgan fingerprint density at radius 3 is 1.89 bits per heavy atom. The molecule has 146 valence electrons. The second kappa shape index (κ2) is 9.39. The van der Waals surface area contributed by atoms with Crippen LogP contribution in [0.2, 0.25) is 0 Å². The van der Waals surface area contributed by atoms with Crippen molar-refractivity contribution >= 4 is 35.6 Å². The molecule has 6 nitrogen and oxygen atoms in total. The molecule has 0 aromatic heterocycles. The van der Waals surface area contributed by atoms with Gasteiger partial charge in [0.05, 0.1) is 13.2 Å². The van der Waals surface area contributed by atoms with E-state index in [1.807, 2.05) is 20.8 Å². The van der Waals surface area contributed by atoms with Crippen molar-refractivity contribution in [3.8, 4) is 5.75 Å². The highest BCUT2D eigenvalue weighted by Gasteiger charge is 2.27. The molecule has 27 heavy (non-hydrogen) atoms. The number of methoxy groups -OCH3 is 1. The van der Waals surface area contributed by atoms with Crippen molar-refractivity contribution in [2.24, 2.45) is 11.1 Å². The van der Waals surface area contributed by atoms with Gasteiger partial charge in [-0.3, -0.25) is 9.59 Å². The van der Waals surface area contributed by atoms with E-state index in [2.05, 4.69) is 10.6 Å². The normalized spacial score (nSPS) is 11.7. The van der Waals surface area contributed by atoms with Crippen LogP contribution >= 0.6 is 12.4 Å². The van der Waals surface area contributed by atoms with Gasteiger partial charge in [-0.05, 0) is 53.9 Å². The van der Waals surface area contributed by atoms with Crippen LogP contribution in [0.1, 0.15) is 31.1 Å². The summed E-state index contributed by atoms with van der Waals surface area (Å²) in [4.78, 5) is 24.4. The highest BCUT2D eigenvalue weighted by molar-refractivity contribution is 6.04. The number of carbonyl (C=O) groups excluding carboxylic acids is 2. The molecule has 0 heterocycles. The van der Waals surface area contributed by atoms with Crippen molar-refractivity contribution < 1.29 is 14.3 Å². The zero-order chi connectivity index (χ0) is 19.3. The number of benzene rings is 2. The predicted molar refractivity (Wildman–Crippen MR) is 111 cm³/mol. The monoisotopic (exact) mass is 391 g/mol. The molecule has 2 rings (SSSR count). The Morgan fingerprint density at radius 2 is 1.41 bits per heavy atom. The Labute approximate surface area is 165 Å². The Bertz CT molecular complexity index is 769. The number of anilines is 2. The van der Waals surface area contributed by atoms with E-state index in [-0.39, 0.29) is 29.6 Å². The number of amides is 2. The van der Waals surface area contributed by atoms with Crippen LogP contribution in [-0.4, -0.2) is 25.0 Å². The minimum Gasteiger partial charge on any atom is -0.497 e. The van der Waals surface area contributed by atoms with Crippen LogP contribution in [0, 0.1) is 5.41 Å². The van der Waals surface area contributed by atoms with Gasteiger partial charge in [0.15, 0.2) is 0 Å². The van der Waals surface area contributed by atoms with E-state index in [0.29, 0.717) is 16.9 Å². The lowest BCUT2D eigenvalue weighted by Gasteiger charge is -2.25. The fourth-order valence-electron chi connectivity index (χ4n) is 2.20. The first-order chi connectivity index (χ1) is 12.2. The maximum atomic E-state index is 12.3. The largest absolute Gasteiger partial charge is 0.497 e. The summed E-state index contributed by atoms with van der Waals surface area (Å²) in [6, 6.07) is 13.1. The lowest BCUT2D eigenvalue weighted by molar-refractivity contribution is -0.119. The van der Waals surface area contributed by atoms with Crippen LogP contribution in [-0.2, 0) is 4.79 Å². The Morgan fingerprint density at radius 1 is 0.926 bits per heavy atom. The summed E-state index contributed by atoms with van der Waals surface area (Å²) in [5.41, 5.74) is 7.36. The number of nitrogens with one attached hydrogen (secondary N) is 2. The maximum absolute atomic E-state index is 12.3. The third kappa shape index (κ3) is 6.27. The Kier molecular flexibility index (Phi) is 7.82. The minimum absolute atomic E-state index is 0. The van der Waals surface area contributed by atoms with E-state index in [4.69, 9.17) is 10.5 Å². The summed E-state index contributed by atoms with van der Waals surface area (Å²) in [7, 11) is 1.59. The molecule has 0 saturated carbocycles. The summed E-state index contributed by atoms with van der Waals surface area (Å²) in [5, 5.41) is 5.57. The minimum atomic E-state index is -0.624. The summed E-state index contributed by atoms with van der Waals surface area (Å²) >= 11 is 0. The number of ether oxygens (including phenoxy) is 1. The molecule has 0 aliphatic rings. The molecular formula is C20H26ClN3O3. The van der Waals surface area contributed by atoms with Crippen LogP contribution in [0.3, 0.4) is 0 Å². The second-order valence-electron chi connectivity index (χ2n) is 7.09. The molecule has 1 atom stereocenters. The number of nitrogens with two attached hydrogens (primary N) is 1. The molecule has 2 aromatic rings. The van der Waals surface area contributed by atoms with E-state index in [9.17, 15) is 9.59 Å². The van der Waals surface area contributed by atoms with Crippen LogP contribution in [0.25, 0.3) is 0 Å². The number of carbonyl (C=O) groups is 2. The zero-order valence-corrected chi connectivity index (χ0v) is 16.7. The third-order valence-electron chi connectivity index (χ3n) is 3.98. The number of hydrogen-bond acceptors (Lipinski definition) is 4. The van der Waals surface area contributed by atoms with Gasteiger partial charge in [-0.15, -0.1) is 12.4 Å². The van der Waals surface area contributed by atoms with Crippen molar-refractivity contribution in [3.63, 3.8) is 0 Å². The van der Waals surface area contributed by atoms with Crippen molar-refractivity contribution in [2.45, 2.75) is 26.8 Å². The Hall–Kier alpha value is -2.57. The van der Waals surface area contributed by atoms with Gasteiger partial charge in [-0.25, -0.2) is 0 Å². The summed E-state index contributed by atoms with van der Waals surface area (Å²) in [5.74, 6) is 0.226. The van der Waals surface area contributed by atoms with Gasteiger partial charge in [0.1, 0.15) is 5.75 Å². The maximum Gasteiger partial charge on any atom is 0.255 e. The second-order valence-corrected chi connectivity index (χ2v) is 7.09. The van der Waals surface area contributed by atoms with Gasteiger partial charge in [-0.1, -0.05) is 20.8 Å². The SMILES string of the molecule is COc1ccc(NC(=O)c2ccc(NC(=O)[C@@H](N)C(C)(C)C)cc2)cc1.Cl. The smallest absolute Gasteiger partial charge is 0.255 e. The first kappa shape index (κ1) is 22.5. The topological polar surface area (TPSA) is 93.5 Å². The van der Waals surface area contributed by atoms with Crippen LogP contribution in [0.5, 0.6) is 5.75 Å². The van der Waals surface area contributed by atoms with Crippen molar-refractivity contribution in [2.75, 3.05) is 17.7 Å². The van der Waals surface area contributed by atoms with E-state index in [0.717, 1.165) is 5.75 Å². The molecule has 0 unspecified atom stereocenters. The van der Waals surface area contributed by atoms with Gasteiger partial charge in [0.2, 0.25) is 5.91 Å². The van der Waals surface area contributed by atoms with Gasteiger partial charge in [0.25, 0.3) is 5.91 Å². The van der Waals surface area contributed by atoms with Gasteiger partial charge in [0, 0.05) is 16.9 Å². The molecule has 2 amide bonds. The summed E-state index contributed by atoms with van der Waals surface area (Å²) in [6.07, 6.45) is 0. The molecule has 0 bridgehead atoms. The van der Waals surface area contributed by atoms with E-state index >= 15 is 0 Å². The molecule has 2 aromatic carbocycles. The number of rotatable bonds is 5. The highest BCUT2D eigenvalue weighted by atomic mass is 35.5. The van der Waals surface area contributed by atoms with Crippen molar-refractivity contribution in [1.29, 1.82) is 0 Å². The molecular weight excluding hydrogens is 366 g/mol. The first-order valence-electron chi connectivity index (χ1n) is 8.32. The molecule has 0 aliphatic heterocycles. The van der Waals surface area contributed by atoms with Gasteiger partial charge >= 0.3 is 0 Å². The van der Waals surface area contributed by atoms with E-state index < -0.39 is 6.04 Å². The average molecular weight is 392 g/mol. The van der Waals surface area contributed by atoms with Gasteiger partial charge in [-0.2, -0.15) is 0 Å². The number of hydrogen-bond donors (Lipinski definition) is 3. The van der Waals surface area contributed by atoms with Crippen LogP contribution in [0.15, 0.2) is 48.5 Å². The zero-order valence-electron chi connectivity index (χ0n) is 15.9. The molecule has 0 aliphatic carbocycles.